The Balaban J connectivity index is 1.13. The number of benzene rings is 2. The molecule has 4 atom stereocenters. The third-order valence-electron chi connectivity index (χ3n) is 9.12. The fourth-order valence-electron chi connectivity index (χ4n) is 7.02. The fraction of sp³-hybridized carbons (Fsp3) is 0.438. The molecule has 43 heavy (non-hydrogen) atoms. The highest BCUT2D eigenvalue weighted by Crippen LogP contribution is 2.48. The average Bonchev–Trinajstić information content (AvgIpc) is 3.49. The Morgan fingerprint density at radius 1 is 1.14 bits per heavy atom. The van der Waals surface area contributed by atoms with E-state index in [9.17, 15) is 23.1 Å². The molecular weight excluding hydrogens is 565 g/mol. The van der Waals surface area contributed by atoms with Gasteiger partial charge in [-0.3, -0.25) is 0 Å². The minimum Gasteiger partial charge on any atom is -0.475 e. The highest BCUT2D eigenvalue weighted by molar-refractivity contribution is 5.94. The van der Waals surface area contributed by atoms with Gasteiger partial charge in [0.25, 0.3) is 0 Å². The number of furan rings is 1. The van der Waals surface area contributed by atoms with Crippen LogP contribution in [0.25, 0.3) is 22.2 Å². The summed E-state index contributed by atoms with van der Waals surface area (Å²) in [5.74, 6) is -0.211. The normalized spacial score (nSPS) is 23.7. The van der Waals surface area contributed by atoms with E-state index < -0.39 is 12.3 Å². The summed E-state index contributed by atoms with van der Waals surface area (Å²) in [6.07, 6.45) is -0.427. The summed E-state index contributed by atoms with van der Waals surface area (Å²) in [5, 5.41) is 14.4. The van der Waals surface area contributed by atoms with Gasteiger partial charge in [-0.1, -0.05) is 24.2 Å². The Labute approximate surface area is 245 Å². The molecule has 1 aliphatic carbocycles. The van der Waals surface area contributed by atoms with Gasteiger partial charge < -0.3 is 28.4 Å². The summed E-state index contributed by atoms with van der Waals surface area (Å²) in [7, 11) is 0. The van der Waals surface area contributed by atoms with E-state index in [-0.39, 0.29) is 47.8 Å². The van der Waals surface area contributed by atoms with Gasteiger partial charge in [-0.05, 0) is 80.8 Å². The van der Waals surface area contributed by atoms with E-state index in [1.165, 1.54) is 12.1 Å². The number of alkyl halides is 3. The molecule has 0 spiro atoms. The Morgan fingerprint density at radius 3 is 2.65 bits per heavy atom. The Morgan fingerprint density at radius 2 is 1.93 bits per heavy atom. The molecule has 2 saturated heterocycles. The highest BCUT2D eigenvalue weighted by atomic mass is 19.4. The van der Waals surface area contributed by atoms with Gasteiger partial charge >= 0.3 is 12.3 Å². The van der Waals surface area contributed by atoms with Crippen LogP contribution in [0.3, 0.4) is 0 Å². The summed E-state index contributed by atoms with van der Waals surface area (Å²) >= 11 is 0. The van der Waals surface area contributed by atoms with Crippen LogP contribution in [0, 0.1) is 12.8 Å². The minimum atomic E-state index is -4.83. The summed E-state index contributed by atoms with van der Waals surface area (Å²) in [5.41, 5.74) is 3.82. The molecule has 2 aromatic carbocycles. The number of halogens is 3. The number of aromatic nitrogens is 1. The number of carboxylic acids is 1. The number of ether oxygens (including phenoxy) is 2. The summed E-state index contributed by atoms with van der Waals surface area (Å²) in [4.78, 5) is 13.9. The first-order valence-corrected chi connectivity index (χ1v) is 14.6. The molecule has 226 valence electrons. The zero-order valence-corrected chi connectivity index (χ0v) is 23.7. The number of carbonyl (C=O) groups is 1. The van der Waals surface area contributed by atoms with Crippen molar-refractivity contribution in [3.8, 4) is 17.0 Å². The van der Waals surface area contributed by atoms with Gasteiger partial charge in [-0.2, -0.15) is 0 Å². The molecule has 1 saturated carbocycles. The van der Waals surface area contributed by atoms with Crippen LogP contribution >= 0.6 is 0 Å². The van der Waals surface area contributed by atoms with Crippen molar-refractivity contribution in [3.63, 3.8) is 0 Å². The van der Waals surface area contributed by atoms with Crippen LogP contribution in [-0.2, 0) is 11.3 Å². The van der Waals surface area contributed by atoms with Crippen LogP contribution in [-0.4, -0.2) is 40.8 Å². The van der Waals surface area contributed by atoms with Gasteiger partial charge in [0, 0.05) is 40.2 Å². The Kier molecular flexibility index (Phi) is 6.68. The smallest absolute Gasteiger partial charge is 0.475 e. The maximum Gasteiger partial charge on any atom is 0.573 e. The molecule has 1 N–H and O–H groups in total. The van der Waals surface area contributed by atoms with E-state index in [0.717, 1.165) is 48.7 Å². The predicted octanol–water partition coefficient (Wildman–Crippen LogP) is 7.83. The second-order valence-electron chi connectivity index (χ2n) is 12.0. The van der Waals surface area contributed by atoms with Crippen molar-refractivity contribution in [1.82, 2.24) is 5.16 Å². The zero-order valence-electron chi connectivity index (χ0n) is 23.7. The maximum absolute atomic E-state index is 13.1. The maximum atomic E-state index is 13.1. The van der Waals surface area contributed by atoms with Crippen LogP contribution in [0.15, 0.2) is 51.4 Å². The zero-order chi connectivity index (χ0) is 30.0. The third kappa shape index (κ3) is 5.13. The largest absolute Gasteiger partial charge is 0.573 e. The quantitative estimate of drug-likeness (QED) is 0.220. The number of aryl methyl sites for hydroxylation is 1. The molecule has 3 fully saturated rings. The minimum absolute atomic E-state index is 0.0516. The first-order valence-electron chi connectivity index (χ1n) is 14.6. The first-order chi connectivity index (χ1) is 20.6. The standard InChI is InChI=1S/C32H31F3N2O6/c1-16-11-19-12-20(13-25(16)37(19)24-9-10-26-22(17(24)2)14-28(41-26)31(38)39)40-15-23-29(36-43-30(23)18-7-8-18)21-5-3-4-6-27(21)42-32(33,34)35/h3-6,9-10,14,16,18-20,25H,7-8,11-13,15H2,1-2H3,(H,38,39)/t16-,19?,20?,25?/m1/s1. The number of para-hydroxylation sites is 1. The molecule has 0 amide bonds. The molecular formula is C32H31F3N2O6. The number of hydrogen-bond donors (Lipinski definition) is 1. The molecule has 2 aromatic heterocycles. The van der Waals surface area contributed by atoms with E-state index in [0.29, 0.717) is 28.5 Å². The second kappa shape index (κ2) is 10.3. The summed E-state index contributed by atoms with van der Waals surface area (Å²) < 4.78 is 61.5. The molecule has 0 radical (unpaired) electrons. The van der Waals surface area contributed by atoms with E-state index in [1.54, 1.807) is 18.2 Å². The molecule has 2 bridgehead atoms. The lowest BCUT2D eigenvalue weighted by Gasteiger charge is -2.42. The molecule has 4 heterocycles. The lowest BCUT2D eigenvalue weighted by molar-refractivity contribution is -0.274. The lowest BCUT2D eigenvalue weighted by Crippen LogP contribution is -2.46. The van der Waals surface area contributed by atoms with Crippen LogP contribution < -0.4 is 9.64 Å². The molecule has 8 nitrogen and oxygen atoms in total. The number of aromatic carboxylic acids is 1. The predicted molar refractivity (Wildman–Crippen MR) is 150 cm³/mol. The van der Waals surface area contributed by atoms with Gasteiger partial charge in [0.15, 0.2) is 0 Å². The number of anilines is 1. The van der Waals surface area contributed by atoms with E-state index in [1.807, 2.05) is 19.1 Å². The molecule has 2 aliphatic heterocycles. The van der Waals surface area contributed by atoms with Gasteiger partial charge in [0.1, 0.15) is 22.8 Å². The van der Waals surface area contributed by atoms with Crippen molar-refractivity contribution in [2.24, 2.45) is 5.92 Å². The number of fused-ring (bicyclic) bond motifs is 3. The molecule has 11 heteroatoms. The Bertz CT molecular complexity index is 1690. The molecule has 3 unspecified atom stereocenters. The molecule has 4 aromatic rings. The number of nitrogens with zero attached hydrogens (tertiary/aromatic N) is 2. The lowest BCUT2D eigenvalue weighted by atomic mass is 9.95. The monoisotopic (exact) mass is 596 g/mol. The van der Waals surface area contributed by atoms with Crippen molar-refractivity contribution in [3.05, 3.63) is 65.1 Å². The van der Waals surface area contributed by atoms with Crippen molar-refractivity contribution in [1.29, 1.82) is 0 Å². The Hall–Kier alpha value is -3.99. The number of hydrogen-bond acceptors (Lipinski definition) is 7. The van der Waals surface area contributed by atoms with E-state index in [2.05, 4.69) is 21.7 Å². The number of rotatable bonds is 8. The van der Waals surface area contributed by atoms with Gasteiger partial charge in [0.2, 0.25) is 5.76 Å². The summed E-state index contributed by atoms with van der Waals surface area (Å²) in [6, 6.07) is 11.9. The molecule has 7 rings (SSSR count). The van der Waals surface area contributed by atoms with Gasteiger partial charge in [-0.15, -0.1) is 13.2 Å². The van der Waals surface area contributed by atoms with E-state index >= 15 is 0 Å². The van der Waals surface area contributed by atoms with Crippen LogP contribution in [0.5, 0.6) is 5.75 Å². The van der Waals surface area contributed by atoms with Crippen molar-refractivity contribution in [2.45, 2.75) is 83.0 Å². The van der Waals surface area contributed by atoms with Crippen LogP contribution in [0.1, 0.15) is 72.4 Å². The second-order valence-corrected chi connectivity index (χ2v) is 12.0. The van der Waals surface area contributed by atoms with Crippen LogP contribution in [0.2, 0.25) is 0 Å². The fourth-order valence-corrected chi connectivity index (χ4v) is 7.02. The third-order valence-corrected chi connectivity index (χ3v) is 9.12. The first kappa shape index (κ1) is 27.8. The molecule has 3 aliphatic rings. The van der Waals surface area contributed by atoms with Crippen LogP contribution in [0.4, 0.5) is 18.9 Å². The highest BCUT2D eigenvalue weighted by Gasteiger charge is 2.46. The average molecular weight is 597 g/mol. The van der Waals surface area contributed by atoms with Gasteiger partial charge in [-0.25, -0.2) is 4.79 Å². The van der Waals surface area contributed by atoms with Crippen molar-refractivity contribution < 1.29 is 41.5 Å². The topological polar surface area (TPSA) is 98.2 Å². The number of carboxylic acid groups (broad SMARTS) is 1. The summed E-state index contributed by atoms with van der Waals surface area (Å²) in [6.45, 7) is 4.43. The van der Waals surface area contributed by atoms with Crippen molar-refractivity contribution >= 4 is 22.6 Å². The SMILES string of the molecule is Cc1c(N2C3CC(OCc4c(-c5ccccc5OC(F)(F)F)noc4C4CC4)CC2[C@H](C)C3)ccc2oc(C(=O)O)cc12. The number of piperidine rings is 1. The van der Waals surface area contributed by atoms with E-state index in [4.69, 9.17) is 13.7 Å². The van der Waals surface area contributed by atoms with Gasteiger partial charge in [0.05, 0.1) is 12.7 Å². The van der Waals surface area contributed by atoms with Crippen molar-refractivity contribution in [2.75, 3.05) is 4.90 Å².